The molecule has 0 aliphatic carbocycles. The van der Waals surface area contributed by atoms with E-state index in [1.165, 1.54) is 12.1 Å². The molecule has 0 saturated heterocycles. The van der Waals surface area contributed by atoms with Gasteiger partial charge in [0.1, 0.15) is 11.6 Å². The number of hydrogen-bond acceptors (Lipinski definition) is 3. The third kappa shape index (κ3) is 6.18. The van der Waals surface area contributed by atoms with Gasteiger partial charge in [0, 0.05) is 31.3 Å². The van der Waals surface area contributed by atoms with Crippen molar-refractivity contribution in [2.24, 2.45) is 4.99 Å². The van der Waals surface area contributed by atoms with E-state index in [4.69, 9.17) is 5.11 Å². The zero-order valence-corrected chi connectivity index (χ0v) is 15.1. The van der Waals surface area contributed by atoms with Gasteiger partial charge in [0.05, 0.1) is 6.61 Å². The van der Waals surface area contributed by atoms with Gasteiger partial charge in [0.15, 0.2) is 5.96 Å². The highest BCUT2D eigenvalue weighted by atomic mass is 19.3. The van der Waals surface area contributed by atoms with Crippen LogP contribution in [0.2, 0.25) is 0 Å². The van der Waals surface area contributed by atoms with Gasteiger partial charge in [-0.2, -0.15) is 8.78 Å². The molecule has 0 spiro atoms. The van der Waals surface area contributed by atoms with Crippen LogP contribution >= 0.6 is 0 Å². The fourth-order valence-electron chi connectivity index (χ4n) is 2.50. The number of ether oxygens (including phenoxy) is 1. The van der Waals surface area contributed by atoms with Crippen molar-refractivity contribution in [1.82, 2.24) is 10.6 Å². The molecular formula is C19H22F3N3O2. The molecule has 0 saturated carbocycles. The molecule has 0 fully saturated rings. The lowest BCUT2D eigenvalue weighted by molar-refractivity contribution is -0.0504. The van der Waals surface area contributed by atoms with Crippen molar-refractivity contribution in [3.63, 3.8) is 0 Å². The van der Waals surface area contributed by atoms with Gasteiger partial charge in [-0.15, -0.1) is 0 Å². The van der Waals surface area contributed by atoms with Gasteiger partial charge in [-0.1, -0.05) is 23.8 Å². The van der Waals surface area contributed by atoms with E-state index in [9.17, 15) is 13.2 Å². The van der Waals surface area contributed by atoms with Crippen LogP contribution in [0.25, 0.3) is 0 Å². The summed E-state index contributed by atoms with van der Waals surface area (Å²) < 4.78 is 43.0. The second kappa shape index (κ2) is 9.82. The predicted molar refractivity (Wildman–Crippen MR) is 97.2 cm³/mol. The van der Waals surface area contributed by atoms with Gasteiger partial charge < -0.3 is 20.5 Å². The summed E-state index contributed by atoms with van der Waals surface area (Å²) in [7, 11) is 1.58. The highest BCUT2D eigenvalue weighted by molar-refractivity contribution is 5.79. The third-order valence-electron chi connectivity index (χ3n) is 3.84. The summed E-state index contributed by atoms with van der Waals surface area (Å²) in [5.74, 6) is 0.0776. The normalized spacial score (nSPS) is 11.6. The van der Waals surface area contributed by atoms with Crippen LogP contribution < -0.4 is 15.4 Å². The average molecular weight is 381 g/mol. The molecule has 0 unspecified atom stereocenters. The summed E-state index contributed by atoms with van der Waals surface area (Å²) >= 11 is 0. The number of aryl methyl sites for hydroxylation is 1. The topological polar surface area (TPSA) is 65.9 Å². The average Bonchev–Trinajstić information content (AvgIpc) is 2.64. The van der Waals surface area contributed by atoms with Crippen molar-refractivity contribution < 1.29 is 23.0 Å². The van der Waals surface area contributed by atoms with Crippen LogP contribution in [0.5, 0.6) is 5.75 Å². The molecule has 2 aromatic rings. The first-order chi connectivity index (χ1) is 12.9. The number of alkyl halides is 2. The van der Waals surface area contributed by atoms with E-state index in [0.29, 0.717) is 18.1 Å². The maximum Gasteiger partial charge on any atom is 0.387 e. The molecule has 0 heterocycles. The number of halogens is 3. The molecule has 3 N–H and O–H groups in total. The van der Waals surface area contributed by atoms with Crippen molar-refractivity contribution in [3.8, 4) is 5.75 Å². The largest absolute Gasteiger partial charge is 0.434 e. The smallest absolute Gasteiger partial charge is 0.387 e. The number of aliphatic hydroxyl groups is 1. The fourth-order valence-corrected chi connectivity index (χ4v) is 2.50. The molecule has 2 aromatic carbocycles. The lowest BCUT2D eigenvalue weighted by Crippen LogP contribution is -2.36. The summed E-state index contributed by atoms with van der Waals surface area (Å²) in [5, 5.41) is 15.2. The van der Waals surface area contributed by atoms with E-state index < -0.39 is 12.4 Å². The van der Waals surface area contributed by atoms with Crippen LogP contribution in [-0.4, -0.2) is 24.7 Å². The summed E-state index contributed by atoms with van der Waals surface area (Å²) in [5.41, 5.74) is 2.47. The minimum atomic E-state index is -2.90. The summed E-state index contributed by atoms with van der Waals surface area (Å²) in [6.45, 7) is -0.846. The minimum absolute atomic E-state index is 0.102. The summed E-state index contributed by atoms with van der Waals surface area (Å²) in [6.07, 6.45) is 0. The Kier molecular flexibility index (Phi) is 7.48. The number of nitrogens with zero attached hydrogens (tertiary/aromatic N) is 1. The molecule has 0 bridgehead atoms. The molecule has 0 aliphatic rings. The van der Waals surface area contributed by atoms with Gasteiger partial charge in [0.2, 0.25) is 0 Å². The zero-order chi connectivity index (χ0) is 19.8. The van der Waals surface area contributed by atoms with Gasteiger partial charge in [-0.3, -0.25) is 4.99 Å². The van der Waals surface area contributed by atoms with E-state index in [1.807, 2.05) is 6.92 Å². The van der Waals surface area contributed by atoms with Crippen molar-refractivity contribution in [1.29, 1.82) is 0 Å². The monoisotopic (exact) mass is 381 g/mol. The number of aliphatic imine (C=N–C) groups is 1. The van der Waals surface area contributed by atoms with E-state index >= 15 is 0 Å². The van der Waals surface area contributed by atoms with Crippen LogP contribution in [-0.2, 0) is 19.7 Å². The molecule has 0 radical (unpaired) electrons. The zero-order valence-electron chi connectivity index (χ0n) is 15.1. The van der Waals surface area contributed by atoms with E-state index in [-0.39, 0.29) is 24.5 Å². The van der Waals surface area contributed by atoms with Crippen molar-refractivity contribution in [2.75, 3.05) is 7.05 Å². The molecule has 0 aromatic heterocycles. The van der Waals surface area contributed by atoms with Crippen molar-refractivity contribution in [3.05, 3.63) is 64.5 Å². The number of aliphatic hydroxyl groups excluding tert-OH is 1. The molecule has 0 amide bonds. The predicted octanol–water partition coefficient (Wildman–Crippen LogP) is 3.09. The SMILES string of the molecule is CN=C(NCc1ccc(F)c(CO)c1)NCc1cc(C)ccc1OC(F)F. The molecule has 0 atom stereocenters. The number of guanidine groups is 1. The minimum Gasteiger partial charge on any atom is -0.434 e. The van der Waals surface area contributed by atoms with Crippen LogP contribution in [0.1, 0.15) is 22.3 Å². The van der Waals surface area contributed by atoms with Gasteiger partial charge in [-0.05, 0) is 30.7 Å². The van der Waals surface area contributed by atoms with Crippen molar-refractivity contribution in [2.45, 2.75) is 33.2 Å². The Labute approximate surface area is 155 Å². The Bertz CT molecular complexity index is 798. The first-order valence-electron chi connectivity index (χ1n) is 8.30. The molecule has 146 valence electrons. The number of benzene rings is 2. The highest BCUT2D eigenvalue weighted by Gasteiger charge is 2.11. The van der Waals surface area contributed by atoms with Gasteiger partial charge in [0.25, 0.3) is 0 Å². The maximum atomic E-state index is 13.4. The summed E-state index contributed by atoms with van der Waals surface area (Å²) in [4.78, 5) is 4.07. The molecule has 27 heavy (non-hydrogen) atoms. The van der Waals surface area contributed by atoms with E-state index in [2.05, 4.69) is 20.4 Å². The quantitative estimate of drug-likeness (QED) is 0.509. The number of rotatable bonds is 7. The van der Waals surface area contributed by atoms with Crippen LogP contribution in [0.15, 0.2) is 41.4 Å². The van der Waals surface area contributed by atoms with Crippen molar-refractivity contribution >= 4 is 5.96 Å². The van der Waals surface area contributed by atoms with Crippen LogP contribution in [0, 0.1) is 12.7 Å². The molecule has 0 aliphatic heterocycles. The maximum absolute atomic E-state index is 13.4. The fraction of sp³-hybridized carbons (Fsp3) is 0.316. The Balaban J connectivity index is 1.99. The molecule has 5 nitrogen and oxygen atoms in total. The Morgan fingerprint density at radius 1 is 1.11 bits per heavy atom. The molecular weight excluding hydrogens is 359 g/mol. The van der Waals surface area contributed by atoms with Crippen LogP contribution in [0.4, 0.5) is 13.2 Å². The number of nitrogens with one attached hydrogen (secondary N) is 2. The lowest BCUT2D eigenvalue weighted by Gasteiger charge is -2.15. The van der Waals surface area contributed by atoms with Gasteiger partial charge >= 0.3 is 6.61 Å². The lowest BCUT2D eigenvalue weighted by atomic mass is 10.1. The first kappa shape index (κ1) is 20.6. The van der Waals surface area contributed by atoms with E-state index in [0.717, 1.165) is 11.1 Å². The molecule has 2 rings (SSSR count). The number of hydrogen-bond donors (Lipinski definition) is 3. The highest BCUT2D eigenvalue weighted by Crippen LogP contribution is 2.22. The summed E-state index contributed by atoms with van der Waals surface area (Å²) in [6, 6.07) is 9.41. The van der Waals surface area contributed by atoms with Crippen LogP contribution in [0.3, 0.4) is 0 Å². The Hall–Kier alpha value is -2.74. The van der Waals surface area contributed by atoms with Gasteiger partial charge in [-0.25, -0.2) is 4.39 Å². The Morgan fingerprint density at radius 3 is 2.52 bits per heavy atom. The Morgan fingerprint density at radius 2 is 1.85 bits per heavy atom. The standard InChI is InChI=1S/C19H22F3N3O2/c1-12-3-6-17(27-18(21)22)14(7-12)10-25-19(23-2)24-9-13-4-5-16(20)15(8-13)11-26/h3-8,18,26H,9-11H2,1-2H3,(H2,23,24,25). The second-order valence-corrected chi connectivity index (χ2v) is 5.85. The second-order valence-electron chi connectivity index (χ2n) is 5.85. The molecule has 8 heteroatoms. The third-order valence-corrected chi connectivity index (χ3v) is 3.84. The first-order valence-corrected chi connectivity index (χ1v) is 8.30. The van der Waals surface area contributed by atoms with E-state index in [1.54, 1.807) is 31.3 Å².